The first-order valence-corrected chi connectivity index (χ1v) is 11.4. The number of guanidine groups is 1. The molecule has 0 aliphatic heterocycles. The quantitative estimate of drug-likeness (QED) is 0.377. The van der Waals surface area contributed by atoms with Crippen LogP contribution in [0.2, 0.25) is 0 Å². The number of hydrogen-bond acceptors (Lipinski definition) is 4. The van der Waals surface area contributed by atoms with Crippen molar-refractivity contribution in [1.29, 1.82) is 0 Å². The van der Waals surface area contributed by atoms with E-state index in [-0.39, 0.29) is 6.04 Å². The van der Waals surface area contributed by atoms with Crippen molar-refractivity contribution in [3.05, 3.63) is 78.0 Å². The Morgan fingerprint density at radius 2 is 1.81 bits per heavy atom. The van der Waals surface area contributed by atoms with Crippen molar-refractivity contribution in [3.8, 4) is 5.82 Å². The fraction of sp³-hybridized carbons (Fsp3) is 0.400. The molecule has 1 unspecified atom stereocenters. The Balaban J connectivity index is 1.68. The molecule has 2 aromatic heterocycles. The van der Waals surface area contributed by atoms with Crippen molar-refractivity contribution in [2.45, 2.75) is 40.3 Å². The van der Waals surface area contributed by atoms with Gasteiger partial charge in [-0.05, 0) is 44.1 Å². The molecule has 0 aliphatic carbocycles. The first-order chi connectivity index (χ1) is 15.7. The lowest BCUT2D eigenvalue weighted by Gasteiger charge is -2.30. The summed E-state index contributed by atoms with van der Waals surface area (Å²) in [6.45, 7) is 12.6. The number of aryl methyl sites for hydroxylation is 1. The van der Waals surface area contributed by atoms with Crippen LogP contribution in [0.3, 0.4) is 0 Å². The molecule has 32 heavy (non-hydrogen) atoms. The number of benzene rings is 1. The van der Waals surface area contributed by atoms with E-state index < -0.39 is 0 Å². The lowest BCUT2D eigenvalue weighted by molar-refractivity contribution is 0.219. The van der Waals surface area contributed by atoms with Gasteiger partial charge in [-0.3, -0.25) is 9.47 Å². The molecule has 0 bridgehead atoms. The number of pyridine rings is 1. The smallest absolute Gasteiger partial charge is 0.191 e. The van der Waals surface area contributed by atoms with Gasteiger partial charge < -0.3 is 10.6 Å². The Morgan fingerprint density at radius 1 is 1.03 bits per heavy atom. The second kappa shape index (κ2) is 12.0. The van der Waals surface area contributed by atoms with Gasteiger partial charge in [-0.15, -0.1) is 0 Å². The zero-order chi connectivity index (χ0) is 22.8. The van der Waals surface area contributed by atoms with Crippen LogP contribution >= 0.6 is 0 Å². The fourth-order valence-corrected chi connectivity index (χ4v) is 3.78. The highest BCUT2D eigenvalue weighted by Crippen LogP contribution is 2.19. The highest BCUT2D eigenvalue weighted by Gasteiger charge is 2.18. The number of aromatic nitrogens is 3. The van der Waals surface area contributed by atoms with Crippen molar-refractivity contribution in [3.63, 3.8) is 0 Å². The number of likely N-dealkylation sites (N-methyl/N-ethyl adjacent to an activating group) is 1. The van der Waals surface area contributed by atoms with Gasteiger partial charge in [-0.2, -0.15) is 0 Å². The number of nitrogens with zero attached hydrogens (tertiary/aromatic N) is 5. The summed E-state index contributed by atoms with van der Waals surface area (Å²) in [5.74, 6) is 2.60. The number of hydrogen-bond donors (Lipinski definition) is 2. The highest BCUT2D eigenvalue weighted by molar-refractivity contribution is 5.79. The molecule has 170 valence electrons. The largest absolute Gasteiger partial charge is 0.357 e. The maximum Gasteiger partial charge on any atom is 0.191 e. The molecule has 1 aromatic carbocycles. The molecule has 7 nitrogen and oxygen atoms in total. The number of nitrogens with one attached hydrogen (secondary N) is 2. The molecule has 3 rings (SSSR count). The predicted octanol–water partition coefficient (Wildman–Crippen LogP) is 3.71. The van der Waals surface area contributed by atoms with E-state index in [1.54, 1.807) is 6.20 Å². The van der Waals surface area contributed by atoms with E-state index in [9.17, 15) is 0 Å². The number of imidazole rings is 1. The molecular formula is C25H35N7. The molecule has 0 saturated heterocycles. The van der Waals surface area contributed by atoms with E-state index in [1.165, 1.54) is 5.56 Å². The SMILES string of the molecule is CCNC(=NCc1ccc(-n2ccnc2C)nc1)NCC(c1ccccc1)N(CC)CC. The maximum absolute atomic E-state index is 4.79. The van der Waals surface area contributed by atoms with Gasteiger partial charge in [0, 0.05) is 31.7 Å². The van der Waals surface area contributed by atoms with Crippen LogP contribution in [0, 0.1) is 6.92 Å². The van der Waals surface area contributed by atoms with Gasteiger partial charge in [0.15, 0.2) is 5.96 Å². The third-order valence-electron chi connectivity index (χ3n) is 5.55. The van der Waals surface area contributed by atoms with Gasteiger partial charge >= 0.3 is 0 Å². The second-order valence-corrected chi connectivity index (χ2v) is 7.59. The van der Waals surface area contributed by atoms with Gasteiger partial charge in [0.2, 0.25) is 0 Å². The van der Waals surface area contributed by atoms with Crippen molar-refractivity contribution < 1.29 is 0 Å². The van der Waals surface area contributed by atoms with Crippen LogP contribution in [0.15, 0.2) is 66.0 Å². The molecule has 0 saturated carbocycles. The summed E-state index contributed by atoms with van der Waals surface area (Å²) in [4.78, 5) is 16.1. The van der Waals surface area contributed by atoms with Crippen LogP contribution in [0.5, 0.6) is 0 Å². The van der Waals surface area contributed by atoms with Gasteiger partial charge in [0.25, 0.3) is 0 Å². The Kier molecular flexibility index (Phi) is 8.80. The minimum atomic E-state index is 0.287. The zero-order valence-electron chi connectivity index (χ0n) is 19.6. The molecule has 3 aromatic rings. The molecule has 2 N–H and O–H groups in total. The Morgan fingerprint density at radius 3 is 2.41 bits per heavy atom. The van der Waals surface area contributed by atoms with E-state index in [2.05, 4.69) is 82.7 Å². The molecule has 0 fully saturated rings. The molecule has 2 heterocycles. The standard InChI is InChI=1S/C25H35N7/c1-5-26-25(30-19-23(31(6-2)7-3)22-11-9-8-10-12-22)29-18-21-13-14-24(28-17-21)32-16-15-27-20(32)4/h8-17,23H,5-7,18-19H2,1-4H3,(H2,26,29,30). The second-order valence-electron chi connectivity index (χ2n) is 7.59. The van der Waals surface area contributed by atoms with Crippen molar-refractivity contribution >= 4 is 5.96 Å². The van der Waals surface area contributed by atoms with Crippen molar-refractivity contribution in [1.82, 2.24) is 30.1 Å². The van der Waals surface area contributed by atoms with Crippen LogP contribution in [-0.2, 0) is 6.54 Å². The minimum Gasteiger partial charge on any atom is -0.357 e. The molecule has 0 amide bonds. The Hall–Kier alpha value is -3.19. The molecule has 0 aliphatic rings. The molecule has 0 radical (unpaired) electrons. The third-order valence-corrected chi connectivity index (χ3v) is 5.55. The summed E-state index contributed by atoms with van der Waals surface area (Å²) in [7, 11) is 0. The van der Waals surface area contributed by atoms with Gasteiger partial charge in [0.1, 0.15) is 11.6 Å². The van der Waals surface area contributed by atoms with Crippen LogP contribution in [-0.4, -0.2) is 51.6 Å². The van der Waals surface area contributed by atoms with Crippen LogP contribution in [0.1, 0.15) is 43.8 Å². The minimum absolute atomic E-state index is 0.287. The van der Waals surface area contributed by atoms with E-state index in [4.69, 9.17) is 4.99 Å². The first-order valence-electron chi connectivity index (χ1n) is 11.4. The maximum atomic E-state index is 4.79. The average molecular weight is 434 g/mol. The summed E-state index contributed by atoms with van der Waals surface area (Å²) >= 11 is 0. The topological polar surface area (TPSA) is 70.4 Å². The molecule has 7 heteroatoms. The average Bonchev–Trinajstić information content (AvgIpc) is 3.26. The zero-order valence-corrected chi connectivity index (χ0v) is 19.6. The summed E-state index contributed by atoms with van der Waals surface area (Å²) in [6, 6.07) is 15.0. The lowest BCUT2D eigenvalue weighted by atomic mass is 10.1. The summed E-state index contributed by atoms with van der Waals surface area (Å²) in [5, 5.41) is 6.91. The molecule has 1 atom stereocenters. The van der Waals surface area contributed by atoms with Crippen LogP contribution in [0.4, 0.5) is 0 Å². The van der Waals surface area contributed by atoms with Crippen LogP contribution < -0.4 is 10.6 Å². The first kappa shape index (κ1) is 23.5. The fourth-order valence-electron chi connectivity index (χ4n) is 3.78. The summed E-state index contributed by atoms with van der Waals surface area (Å²) in [5.41, 5.74) is 2.38. The number of aliphatic imine (C=N–C) groups is 1. The van der Waals surface area contributed by atoms with E-state index in [0.29, 0.717) is 6.54 Å². The van der Waals surface area contributed by atoms with Crippen LogP contribution in [0.25, 0.3) is 5.82 Å². The van der Waals surface area contributed by atoms with Gasteiger partial charge in [0.05, 0.1) is 12.6 Å². The van der Waals surface area contributed by atoms with Crippen molar-refractivity contribution in [2.75, 3.05) is 26.2 Å². The predicted molar refractivity (Wildman–Crippen MR) is 131 cm³/mol. The van der Waals surface area contributed by atoms with E-state index in [1.807, 2.05) is 30.0 Å². The summed E-state index contributed by atoms with van der Waals surface area (Å²) < 4.78 is 1.97. The molecular weight excluding hydrogens is 398 g/mol. The van der Waals surface area contributed by atoms with Gasteiger partial charge in [-0.25, -0.2) is 15.0 Å². The monoisotopic (exact) mass is 433 g/mol. The lowest BCUT2D eigenvalue weighted by Crippen LogP contribution is -2.43. The third kappa shape index (κ3) is 6.17. The molecule has 0 spiro atoms. The Bertz CT molecular complexity index is 959. The summed E-state index contributed by atoms with van der Waals surface area (Å²) in [6.07, 6.45) is 5.58. The Labute approximate surface area is 191 Å². The van der Waals surface area contributed by atoms with Crippen molar-refractivity contribution in [2.24, 2.45) is 4.99 Å². The van der Waals surface area contributed by atoms with Gasteiger partial charge in [-0.1, -0.05) is 50.2 Å². The highest BCUT2D eigenvalue weighted by atomic mass is 15.2. The van der Waals surface area contributed by atoms with E-state index >= 15 is 0 Å². The van der Waals surface area contributed by atoms with E-state index in [0.717, 1.165) is 49.3 Å². The normalized spacial score (nSPS) is 12.7. The number of rotatable bonds is 10.